The minimum atomic E-state index is -0.358. The van der Waals surface area contributed by atoms with Crippen molar-refractivity contribution >= 4 is 27.5 Å². The van der Waals surface area contributed by atoms with Crippen LogP contribution in [0.2, 0.25) is 0 Å². The molecule has 0 radical (unpaired) electrons. The summed E-state index contributed by atoms with van der Waals surface area (Å²) in [6, 6.07) is 4.71. The summed E-state index contributed by atoms with van der Waals surface area (Å²) < 4.78 is 14.0. The maximum Gasteiger partial charge on any atom is 0.227 e. The number of halogens is 2. The lowest BCUT2D eigenvalue weighted by Crippen LogP contribution is -2.30. The van der Waals surface area contributed by atoms with Gasteiger partial charge in [-0.15, -0.1) is 0 Å². The van der Waals surface area contributed by atoms with Gasteiger partial charge in [-0.2, -0.15) is 0 Å². The van der Waals surface area contributed by atoms with E-state index in [1.807, 2.05) is 0 Å². The van der Waals surface area contributed by atoms with Gasteiger partial charge in [0.15, 0.2) is 0 Å². The zero-order valence-electron chi connectivity index (χ0n) is 13.0. The summed E-state index contributed by atoms with van der Waals surface area (Å²) in [5.41, 5.74) is 0.526. The van der Waals surface area contributed by atoms with Crippen molar-refractivity contribution in [2.45, 2.75) is 39.0 Å². The first-order valence-electron chi connectivity index (χ1n) is 8.08. The van der Waals surface area contributed by atoms with Crippen molar-refractivity contribution in [2.75, 3.05) is 18.4 Å². The van der Waals surface area contributed by atoms with Crippen molar-refractivity contribution in [3.63, 3.8) is 0 Å². The van der Waals surface area contributed by atoms with Crippen LogP contribution < -0.4 is 10.6 Å². The molecule has 1 aliphatic rings. The molecule has 1 fully saturated rings. The molecule has 1 aromatic carbocycles. The number of amides is 1. The summed E-state index contributed by atoms with van der Waals surface area (Å²) in [5, 5.41) is 6.28. The maximum absolute atomic E-state index is 13.6. The van der Waals surface area contributed by atoms with Gasteiger partial charge in [0.05, 0.1) is 4.47 Å². The summed E-state index contributed by atoms with van der Waals surface area (Å²) in [4.78, 5) is 12.6. The molecule has 1 amide bonds. The molecule has 0 bridgehead atoms. The maximum atomic E-state index is 13.6. The van der Waals surface area contributed by atoms with Crippen LogP contribution in [-0.2, 0) is 4.79 Å². The SMILES string of the molecule is CCCC(C(=O)Nc1ccc(Br)c(F)c1)C1CCCNCC1. The van der Waals surface area contributed by atoms with Gasteiger partial charge >= 0.3 is 0 Å². The zero-order chi connectivity index (χ0) is 15.9. The highest BCUT2D eigenvalue weighted by atomic mass is 79.9. The van der Waals surface area contributed by atoms with Crippen molar-refractivity contribution in [1.29, 1.82) is 0 Å². The quantitative estimate of drug-likeness (QED) is 0.809. The van der Waals surface area contributed by atoms with Crippen molar-refractivity contribution in [2.24, 2.45) is 11.8 Å². The Kier molecular flexibility index (Phi) is 6.83. The number of carbonyl (C=O) groups excluding carboxylic acids is 1. The summed E-state index contributed by atoms with van der Waals surface area (Å²) >= 11 is 3.13. The fourth-order valence-electron chi connectivity index (χ4n) is 3.15. The first-order valence-corrected chi connectivity index (χ1v) is 8.87. The molecule has 3 nitrogen and oxygen atoms in total. The van der Waals surface area contributed by atoms with Crippen molar-refractivity contribution in [3.05, 3.63) is 28.5 Å². The van der Waals surface area contributed by atoms with E-state index in [-0.39, 0.29) is 17.6 Å². The number of hydrogen-bond acceptors (Lipinski definition) is 2. The second-order valence-corrected chi connectivity index (χ2v) is 6.81. The van der Waals surface area contributed by atoms with Crippen LogP contribution in [0, 0.1) is 17.7 Å². The third-order valence-electron chi connectivity index (χ3n) is 4.31. The molecule has 0 aliphatic carbocycles. The highest BCUT2D eigenvalue weighted by Crippen LogP contribution is 2.28. The molecule has 2 N–H and O–H groups in total. The first-order chi connectivity index (χ1) is 10.6. The van der Waals surface area contributed by atoms with E-state index in [2.05, 4.69) is 33.5 Å². The second-order valence-electron chi connectivity index (χ2n) is 5.95. The van der Waals surface area contributed by atoms with Crippen LogP contribution in [0.25, 0.3) is 0 Å². The summed E-state index contributed by atoms with van der Waals surface area (Å²) in [7, 11) is 0. The molecule has 1 saturated heterocycles. The third kappa shape index (κ3) is 4.78. The normalized spacial score (nSPS) is 20.2. The molecule has 0 saturated carbocycles. The molecule has 1 aromatic rings. The largest absolute Gasteiger partial charge is 0.326 e. The number of anilines is 1. The van der Waals surface area contributed by atoms with Gasteiger partial charge in [-0.3, -0.25) is 4.79 Å². The predicted molar refractivity (Wildman–Crippen MR) is 91.3 cm³/mol. The van der Waals surface area contributed by atoms with E-state index in [1.54, 1.807) is 12.1 Å². The molecule has 0 spiro atoms. The Hall–Kier alpha value is -0.940. The Morgan fingerprint density at radius 2 is 2.27 bits per heavy atom. The van der Waals surface area contributed by atoms with Gasteiger partial charge in [0.25, 0.3) is 0 Å². The van der Waals surface area contributed by atoms with Crippen molar-refractivity contribution in [3.8, 4) is 0 Å². The first kappa shape index (κ1) is 17.4. The Balaban J connectivity index is 2.06. The van der Waals surface area contributed by atoms with Crippen LogP contribution in [0.1, 0.15) is 39.0 Å². The van der Waals surface area contributed by atoms with Crippen LogP contribution in [0.3, 0.4) is 0 Å². The second kappa shape index (κ2) is 8.63. The van der Waals surface area contributed by atoms with Crippen LogP contribution in [0.5, 0.6) is 0 Å². The smallest absolute Gasteiger partial charge is 0.227 e. The number of benzene rings is 1. The number of carbonyl (C=O) groups is 1. The number of rotatable bonds is 5. The highest BCUT2D eigenvalue weighted by molar-refractivity contribution is 9.10. The van der Waals surface area contributed by atoms with Crippen molar-refractivity contribution in [1.82, 2.24) is 5.32 Å². The van der Waals surface area contributed by atoms with E-state index in [9.17, 15) is 9.18 Å². The van der Waals surface area contributed by atoms with Crippen molar-refractivity contribution < 1.29 is 9.18 Å². The zero-order valence-corrected chi connectivity index (χ0v) is 14.6. The lowest BCUT2D eigenvalue weighted by atomic mass is 9.83. The molecule has 2 atom stereocenters. The molecular formula is C17H24BrFN2O. The monoisotopic (exact) mass is 370 g/mol. The summed E-state index contributed by atoms with van der Waals surface area (Å²) in [5.74, 6) is 0.0887. The van der Waals surface area contributed by atoms with Gasteiger partial charge in [-0.1, -0.05) is 13.3 Å². The minimum absolute atomic E-state index is 0.0107. The van der Waals surface area contributed by atoms with E-state index in [0.717, 1.165) is 45.2 Å². The van der Waals surface area contributed by atoms with Crippen LogP contribution >= 0.6 is 15.9 Å². The standard InChI is InChI=1S/C17H24BrFN2O/c1-2-4-14(12-5-3-9-20-10-8-12)17(22)21-13-6-7-15(18)16(19)11-13/h6-7,11-12,14,20H,2-5,8-10H2,1H3,(H,21,22). The van der Waals surface area contributed by atoms with E-state index < -0.39 is 0 Å². The number of nitrogens with one attached hydrogen (secondary N) is 2. The number of hydrogen-bond donors (Lipinski definition) is 2. The summed E-state index contributed by atoms with van der Waals surface area (Å²) in [6.45, 7) is 4.12. The van der Waals surface area contributed by atoms with Crippen LogP contribution in [-0.4, -0.2) is 19.0 Å². The van der Waals surface area contributed by atoms with Gasteiger partial charge in [0, 0.05) is 11.6 Å². The topological polar surface area (TPSA) is 41.1 Å². The van der Waals surface area contributed by atoms with E-state index in [4.69, 9.17) is 0 Å². The molecule has 1 heterocycles. The van der Waals surface area contributed by atoms with Gasteiger partial charge in [-0.25, -0.2) is 4.39 Å². The molecule has 2 rings (SSSR count). The van der Waals surface area contributed by atoms with Crippen LogP contribution in [0.15, 0.2) is 22.7 Å². The average molecular weight is 371 g/mol. The Morgan fingerprint density at radius 1 is 1.45 bits per heavy atom. The van der Waals surface area contributed by atoms with Crippen LogP contribution in [0.4, 0.5) is 10.1 Å². The summed E-state index contributed by atoms with van der Waals surface area (Å²) in [6.07, 6.45) is 5.10. The highest BCUT2D eigenvalue weighted by Gasteiger charge is 2.28. The van der Waals surface area contributed by atoms with Gasteiger partial charge in [0.1, 0.15) is 5.82 Å². The third-order valence-corrected chi connectivity index (χ3v) is 4.96. The fraction of sp³-hybridized carbons (Fsp3) is 0.588. The van der Waals surface area contributed by atoms with Gasteiger partial charge < -0.3 is 10.6 Å². The van der Waals surface area contributed by atoms with E-state index >= 15 is 0 Å². The molecule has 1 aliphatic heterocycles. The minimum Gasteiger partial charge on any atom is -0.326 e. The van der Waals surface area contributed by atoms with E-state index in [0.29, 0.717) is 16.1 Å². The van der Waals surface area contributed by atoms with Gasteiger partial charge in [0.2, 0.25) is 5.91 Å². The van der Waals surface area contributed by atoms with Gasteiger partial charge in [-0.05, 0) is 78.8 Å². The Morgan fingerprint density at radius 3 is 3.00 bits per heavy atom. The molecular weight excluding hydrogens is 347 g/mol. The molecule has 122 valence electrons. The Labute approximate surface area is 140 Å². The molecule has 22 heavy (non-hydrogen) atoms. The molecule has 0 aromatic heterocycles. The lowest BCUT2D eigenvalue weighted by Gasteiger charge is -2.25. The van der Waals surface area contributed by atoms with E-state index in [1.165, 1.54) is 6.07 Å². The fourth-order valence-corrected chi connectivity index (χ4v) is 3.40. The predicted octanol–water partition coefficient (Wildman–Crippen LogP) is 4.33. The molecule has 5 heteroatoms. The average Bonchev–Trinajstić information content (AvgIpc) is 2.77. The lowest BCUT2D eigenvalue weighted by molar-refractivity contribution is -0.121. The Bertz CT molecular complexity index is 501. The molecule has 2 unspecified atom stereocenters.